The van der Waals surface area contributed by atoms with Crippen molar-refractivity contribution in [1.82, 2.24) is 0 Å². The fraction of sp³-hybridized carbons (Fsp3) is 0.371. The van der Waals surface area contributed by atoms with Gasteiger partial charge in [0.1, 0.15) is 0 Å². The van der Waals surface area contributed by atoms with E-state index < -0.39 is 36.1 Å². The summed E-state index contributed by atoms with van der Waals surface area (Å²) in [6.45, 7) is 4.14. The summed E-state index contributed by atoms with van der Waals surface area (Å²) in [5.74, 6) is -4.87. The van der Waals surface area contributed by atoms with Crippen molar-refractivity contribution in [1.29, 1.82) is 5.41 Å². The van der Waals surface area contributed by atoms with Crippen molar-refractivity contribution in [2.75, 3.05) is 0 Å². The monoisotopic (exact) mass is 595 g/mol. The number of fused-ring (bicyclic) bond motifs is 1. The Labute approximate surface area is 248 Å². The van der Waals surface area contributed by atoms with E-state index in [-0.39, 0.29) is 17.9 Å². The van der Waals surface area contributed by atoms with Gasteiger partial charge < -0.3 is 5.41 Å². The molecule has 226 valence electrons. The lowest BCUT2D eigenvalue weighted by Gasteiger charge is -2.39. The number of aryl methyl sites for hydroxylation is 2. The molecule has 0 radical (unpaired) electrons. The van der Waals surface area contributed by atoms with Crippen LogP contribution in [0.3, 0.4) is 0 Å². The predicted octanol–water partition coefficient (Wildman–Crippen LogP) is 9.47. The maximum atomic E-state index is 15.3. The highest BCUT2D eigenvalue weighted by atomic mass is 19.4. The van der Waals surface area contributed by atoms with Crippen molar-refractivity contribution >= 4 is 17.6 Å². The van der Waals surface area contributed by atoms with Crippen LogP contribution in [0.15, 0.2) is 72.3 Å². The number of benzene rings is 3. The molecule has 2 aliphatic carbocycles. The van der Waals surface area contributed by atoms with Crippen molar-refractivity contribution in [3.63, 3.8) is 0 Å². The second-order valence-corrected chi connectivity index (χ2v) is 11.9. The first kappa shape index (κ1) is 30.8. The maximum Gasteiger partial charge on any atom is 0.522 e. The first-order valence-corrected chi connectivity index (χ1v) is 14.4. The number of nitrogens with one attached hydrogen (secondary N) is 1. The molecule has 0 aromatic heterocycles. The molecule has 5 rings (SSSR count). The molecular formula is C35H34F5NO2. The van der Waals surface area contributed by atoms with Crippen LogP contribution in [0.4, 0.5) is 22.0 Å². The zero-order valence-electron chi connectivity index (χ0n) is 24.3. The van der Waals surface area contributed by atoms with Gasteiger partial charge in [0.15, 0.2) is 5.78 Å². The molecule has 3 nitrogen and oxygen atoms in total. The van der Waals surface area contributed by atoms with Crippen LogP contribution in [0, 0.1) is 23.7 Å². The Bertz CT molecular complexity index is 1570. The number of carbonyl (C=O) groups excluding carboxylic acids is 1. The number of halogens is 5. The third-order valence-corrected chi connectivity index (χ3v) is 8.91. The number of ketones is 1. The van der Waals surface area contributed by atoms with Gasteiger partial charge in [0.2, 0.25) is 0 Å². The molecule has 1 spiro atoms. The first-order chi connectivity index (χ1) is 20.2. The molecule has 0 heterocycles. The summed E-state index contributed by atoms with van der Waals surface area (Å²) in [5.41, 5.74) is 3.74. The van der Waals surface area contributed by atoms with E-state index in [0.717, 1.165) is 24.5 Å². The lowest BCUT2D eigenvalue weighted by Crippen LogP contribution is -2.40. The number of carbonyl (C=O) groups is 1. The SMILES string of the molecule is CCc1ccc2c(c1)C(=N)C1(CCC(C(c3cccc(C)c3)C(C)(F)F)C1)C(=Cc1ccc(COC(F)(F)F)cc1)C2=O. The Balaban J connectivity index is 1.58. The molecule has 3 aromatic carbocycles. The van der Waals surface area contributed by atoms with Crippen LogP contribution in [0.25, 0.3) is 6.08 Å². The normalized spacial score (nSPS) is 22.3. The highest BCUT2D eigenvalue weighted by molar-refractivity contribution is 6.27. The molecule has 1 saturated carbocycles. The van der Waals surface area contributed by atoms with Gasteiger partial charge in [-0.05, 0) is 79.8 Å². The molecule has 43 heavy (non-hydrogen) atoms. The van der Waals surface area contributed by atoms with E-state index in [0.29, 0.717) is 46.2 Å². The summed E-state index contributed by atoms with van der Waals surface area (Å²) in [6.07, 6.45) is -1.38. The number of alkyl halides is 5. The summed E-state index contributed by atoms with van der Waals surface area (Å²) in [5, 5.41) is 9.44. The number of hydrogen-bond donors (Lipinski definition) is 1. The van der Waals surface area contributed by atoms with Crippen molar-refractivity contribution in [3.8, 4) is 0 Å². The Kier molecular flexibility index (Phi) is 8.20. The fourth-order valence-corrected chi connectivity index (χ4v) is 6.90. The molecular weight excluding hydrogens is 561 g/mol. The van der Waals surface area contributed by atoms with E-state index in [9.17, 15) is 23.4 Å². The van der Waals surface area contributed by atoms with Gasteiger partial charge in [0.25, 0.3) is 5.92 Å². The van der Waals surface area contributed by atoms with Gasteiger partial charge in [-0.2, -0.15) is 0 Å². The number of ether oxygens (including phenoxy) is 1. The Morgan fingerprint density at radius 2 is 1.70 bits per heavy atom. The molecule has 1 fully saturated rings. The van der Waals surface area contributed by atoms with Crippen LogP contribution in [0.5, 0.6) is 0 Å². The molecule has 8 heteroatoms. The largest absolute Gasteiger partial charge is 0.522 e. The zero-order chi connectivity index (χ0) is 31.2. The van der Waals surface area contributed by atoms with Crippen molar-refractivity contribution in [2.45, 2.75) is 71.3 Å². The molecule has 1 N–H and O–H groups in total. The number of hydrogen-bond acceptors (Lipinski definition) is 3. The lowest BCUT2D eigenvalue weighted by atomic mass is 9.63. The highest BCUT2D eigenvalue weighted by Gasteiger charge is 2.55. The quantitative estimate of drug-likeness (QED) is 0.219. The van der Waals surface area contributed by atoms with E-state index in [2.05, 4.69) is 4.74 Å². The maximum absolute atomic E-state index is 15.3. The average Bonchev–Trinajstić information content (AvgIpc) is 3.37. The van der Waals surface area contributed by atoms with Crippen LogP contribution < -0.4 is 0 Å². The minimum Gasteiger partial charge on any atom is -0.304 e. The van der Waals surface area contributed by atoms with Crippen LogP contribution in [-0.4, -0.2) is 23.8 Å². The van der Waals surface area contributed by atoms with Crippen molar-refractivity contribution in [2.24, 2.45) is 11.3 Å². The number of allylic oxidation sites excluding steroid dienone is 1. The van der Waals surface area contributed by atoms with Gasteiger partial charge in [-0.1, -0.05) is 73.2 Å². The zero-order valence-corrected chi connectivity index (χ0v) is 24.3. The lowest BCUT2D eigenvalue weighted by molar-refractivity contribution is -0.330. The second-order valence-electron chi connectivity index (χ2n) is 11.9. The van der Waals surface area contributed by atoms with Crippen LogP contribution in [-0.2, 0) is 17.8 Å². The standard InChI is InChI=1S/C35H34F5NO2/c1-4-22-12-13-27-28(17-22)32(41)34(15-14-26(19-34)30(33(3,36)37)25-7-5-6-21(2)16-25)29(31(27)42)18-23-8-10-24(11-9-23)20-43-35(38,39)40/h5-13,16-18,26,30,41H,4,14-15,19-20H2,1-3H3. The summed E-state index contributed by atoms with van der Waals surface area (Å²) in [6, 6.07) is 18.8. The molecule has 0 saturated heterocycles. The van der Waals surface area contributed by atoms with Gasteiger partial charge in [-0.15, -0.1) is 13.2 Å². The van der Waals surface area contributed by atoms with Gasteiger partial charge in [0, 0.05) is 22.1 Å². The van der Waals surface area contributed by atoms with Crippen LogP contribution in [0.1, 0.15) is 82.8 Å². The molecule has 3 unspecified atom stereocenters. The van der Waals surface area contributed by atoms with E-state index >= 15 is 8.78 Å². The average molecular weight is 596 g/mol. The summed E-state index contributed by atoms with van der Waals surface area (Å²) >= 11 is 0. The second kappa shape index (κ2) is 11.5. The van der Waals surface area contributed by atoms with Gasteiger partial charge >= 0.3 is 6.36 Å². The Morgan fingerprint density at radius 1 is 1.00 bits per heavy atom. The van der Waals surface area contributed by atoms with Gasteiger partial charge in [-0.3, -0.25) is 9.53 Å². The molecule has 2 aliphatic rings. The minimum atomic E-state index is -4.75. The van der Waals surface area contributed by atoms with Crippen molar-refractivity contribution < 1.29 is 31.5 Å². The molecule has 3 aromatic rings. The Hall–Kier alpha value is -3.65. The summed E-state index contributed by atoms with van der Waals surface area (Å²) < 4.78 is 72.1. The third kappa shape index (κ3) is 6.21. The smallest absolute Gasteiger partial charge is 0.304 e. The van der Waals surface area contributed by atoms with Crippen molar-refractivity contribution in [3.05, 3.63) is 111 Å². The fourth-order valence-electron chi connectivity index (χ4n) is 6.90. The van der Waals surface area contributed by atoms with E-state index in [4.69, 9.17) is 0 Å². The molecule has 0 amide bonds. The molecule has 0 bridgehead atoms. The number of Topliss-reactive ketones (excluding diaryl/α,β-unsaturated/α-hetero) is 1. The van der Waals surface area contributed by atoms with E-state index in [1.807, 2.05) is 32.0 Å². The highest BCUT2D eigenvalue weighted by Crippen LogP contribution is 2.58. The molecule has 0 aliphatic heterocycles. The third-order valence-electron chi connectivity index (χ3n) is 8.91. The van der Waals surface area contributed by atoms with Gasteiger partial charge in [-0.25, -0.2) is 8.78 Å². The minimum absolute atomic E-state index is 0.207. The molecule has 3 atom stereocenters. The topological polar surface area (TPSA) is 50.1 Å². The van der Waals surface area contributed by atoms with E-state index in [1.165, 1.54) is 12.1 Å². The summed E-state index contributed by atoms with van der Waals surface area (Å²) in [4.78, 5) is 14.1. The Morgan fingerprint density at radius 3 is 2.33 bits per heavy atom. The first-order valence-electron chi connectivity index (χ1n) is 14.4. The van der Waals surface area contributed by atoms with E-state index in [1.54, 1.807) is 42.5 Å². The summed E-state index contributed by atoms with van der Waals surface area (Å²) in [7, 11) is 0. The van der Waals surface area contributed by atoms with Crippen LogP contribution in [0.2, 0.25) is 0 Å². The predicted molar refractivity (Wildman–Crippen MR) is 157 cm³/mol. The van der Waals surface area contributed by atoms with Crippen LogP contribution >= 0.6 is 0 Å². The number of rotatable bonds is 7. The van der Waals surface area contributed by atoms with Gasteiger partial charge in [0.05, 0.1) is 18.2 Å².